The van der Waals surface area contributed by atoms with Crippen molar-refractivity contribution < 1.29 is 10.0 Å². The maximum Gasteiger partial charge on any atom is 0.225 e. The molecule has 0 radical (unpaired) electrons. The minimum absolute atomic E-state index is 0.143. The van der Waals surface area contributed by atoms with Crippen LogP contribution in [0.1, 0.15) is 17.0 Å². The topological polar surface area (TPSA) is 89.6 Å². The van der Waals surface area contributed by atoms with Gasteiger partial charge in [-0.25, -0.2) is 0 Å². The lowest BCUT2D eigenvalue weighted by molar-refractivity contribution is -0.119. The van der Waals surface area contributed by atoms with Gasteiger partial charge in [0.1, 0.15) is 0 Å². The Morgan fingerprint density at radius 1 is 1.15 bits per heavy atom. The van der Waals surface area contributed by atoms with E-state index in [9.17, 15) is 10.0 Å². The van der Waals surface area contributed by atoms with Crippen LogP contribution < -0.4 is 11.0 Å². The van der Waals surface area contributed by atoms with Crippen LogP contribution in [0.15, 0.2) is 54.6 Å². The van der Waals surface area contributed by atoms with Crippen molar-refractivity contribution in [3.8, 4) is 0 Å². The van der Waals surface area contributed by atoms with E-state index in [1.165, 1.54) is 12.1 Å². The number of anilines is 1. The number of hydrogen-bond acceptors (Lipinski definition) is 4. The number of amides is 1. The number of rotatable bonds is 5. The van der Waals surface area contributed by atoms with Crippen LogP contribution in [0.25, 0.3) is 0 Å². The molecule has 0 heterocycles. The summed E-state index contributed by atoms with van der Waals surface area (Å²) in [6, 6.07) is 15.7. The second kappa shape index (κ2) is 6.18. The van der Waals surface area contributed by atoms with E-state index in [2.05, 4.69) is 0 Å². The molecule has 5 nitrogen and oxygen atoms in total. The zero-order valence-electron chi connectivity index (χ0n) is 10.8. The smallest absolute Gasteiger partial charge is 0.225 e. The first kappa shape index (κ1) is 14.0. The third-order valence-corrected chi connectivity index (χ3v) is 3.14. The van der Waals surface area contributed by atoms with Gasteiger partial charge >= 0.3 is 0 Å². The normalized spacial score (nSPS) is 11.9. The Morgan fingerprint density at radius 3 is 2.25 bits per heavy atom. The fourth-order valence-corrected chi connectivity index (χ4v) is 2.06. The van der Waals surface area contributed by atoms with E-state index in [4.69, 9.17) is 10.9 Å². The Labute approximate surface area is 116 Å². The molecule has 0 fully saturated rings. The highest BCUT2D eigenvalue weighted by atomic mass is 16.8. The lowest BCUT2D eigenvalue weighted by Crippen LogP contribution is -2.23. The molecule has 1 amide bonds. The van der Waals surface area contributed by atoms with Gasteiger partial charge in [-0.05, 0) is 29.7 Å². The van der Waals surface area contributed by atoms with Crippen LogP contribution in [0.2, 0.25) is 0 Å². The molecule has 20 heavy (non-hydrogen) atoms. The van der Waals surface area contributed by atoms with E-state index in [1.54, 1.807) is 12.1 Å². The summed E-state index contributed by atoms with van der Waals surface area (Å²) >= 11 is 0. The second-order valence-corrected chi connectivity index (χ2v) is 4.51. The molecule has 104 valence electrons. The molecular formula is C15H15N2O3-. The standard InChI is InChI=1S/C15H15N2O3/c16-15(18)14(12-4-2-1-3-5-12)10-11-6-8-13(9-7-11)17(19)20/h1-9,14,19H,10H2,(H2,16,18)/q-1/t14-/m0/s1. The summed E-state index contributed by atoms with van der Waals surface area (Å²) in [6.07, 6.45) is 0.448. The number of hydrogen-bond donors (Lipinski definition) is 2. The summed E-state index contributed by atoms with van der Waals surface area (Å²) < 4.78 is 0. The van der Waals surface area contributed by atoms with Gasteiger partial charge in [0.25, 0.3) is 0 Å². The molecule has 0 saturated carbocycles. The number of benzene rings is 2. The summed E-state index contributed by atoms with van der Waals surface area (Å²) in [5.74, 6) is -0.813. The van der Waals surface area contributed by atoms with Crippen molar-refractivity contribution >= 4 is 11.6 Å². The fourth-order valence-electron chi connectivity index (χ4n) is 2.06. The van der Waals surface area contributed by atoms with Gasteiger partial charge in [0.15, 0.2) is 0 Å². The van der Waals surface area contributed by atoms with E-state index >= 15 is 0 Å². The molecule has 0 bridgehead atoms. The molecule has 0 spiro atoms. The van der Waals surface area contributed by atoms with Crippen molar-refractivity contribution in [1.29, 1.82) is 0 Å². The van der Waals surface area contributed by atoms with Crippen molar-refractivity contribution in [2.24, 2.45) is 5.73 Å². The Kier molecular flexibility index (Phi) is 4.34. The molecule has 0 aliphatic heterocycles. The third kappa shape index (κ3) is 3.34. The number of carbonyl (C=O) groups excluding carboxylic acids is 1. The molecule has 0 saturated heterocycles. The van der Waals surface area contributed by atoms with Gasteiger partial charge in [0.05, 0.1) is 11.6 Å². The quantitative estimate of drug-likeness (QED) is 0.816. The molecule has 2 rings (SSSR count). The first-order chi connectivity index (χ1) is 9.58. The number of nitrogens with two attached hydrogens (primary N) is 1. The second-order valence-electron chi connectivity index (χ2n) is 4.51. The van der Waals surface area contributed by atoms with Crippen LogP contribution in [0, 0.1) is 5.21 Å². The SMILES string of the molecule is NC(=O)[C@@H](Cc1ccc(N([O-])O)cc1)c1ccccc1. The van der Waals surface area contributed by atoms with Gasteiger partial charge in [-0.15, -0.1) is 0 Å². The molecule has 3 N–H and O–H groups in total. The van der Waals surface area contributed by atoms with Crippen molar-refractivity contribution in [1.82, 2.24) is 0 Å². The Morgan fingerprint density at radius 2 is 1.75 bits per heavy atom. The van der Waals surface area contributed by atoms with Crippen LogP contribution in [0.3, 0.4) is 0 Å². The summed E-state index contributed by atoms with van der Waals surface area (Å²) in [6.45, 7) is 0. The zero-order valence-corrected chi connectivity index (χ0v) is 10.8. The molecular weight excluding hydrogens is 256 g/mol. The van der Waals surface area contributed by atoms with Gasteiger partial charge in [-0.1, -0.05) is 42.5 Å². The Hall–Kier alpha value is -2.37. The summed E-state index contributed by atoms with van der Waals surface area (Å²) in [5.41, 5.74) is 7.32. The van der Waals surface area contributed by atoms with Gasteiger partial charge in [0, 0.05) is 0 Å². The monoisotopic (exact) mass is 271 g/mol. The lowest BCUT2D eigenvalue weighted by atomic mass is 9.91. The first-order valence-corrected chi connectivity index (χ1v) is 6.17. The van der Waals surface area contributed by atoms with Gasteiger partial charge in [0.2, 0.25) is 5.91 Å². The van der Waals surface area contributed by atoms with Crippen molar-refractivity contribution in [3.05, 3.63) is 70.9 Å². The predicted octanol–water partition coefficient (Wildman–Crippen LogP) is 2.19. The molecule has 2 aromatic carbocycles. The molecule has 0 aromatic heterocycles. The van der Waals surface area contributed by atoms with Crippen molar-refractivity contribution in [3.63, 3.8) is 0 Å². The van der Waals surface area contributed by atoms with Crippen LogP contribution in [0.4, 0.5) is 5.69 Å². The number of nitrogens with zero attached hydrogens (tertiary/aromatic N) is 1. The third-order valence-electron chi connectivity index (χ3n) is 3.14. The molecule has 2 aromatic rings. The van der Waals surface area contributed by atoms with Gasteiger partial charge in [-0.2, -0.15) is 0 Å². The highest BCUT2D eigenvalue weighted by molar-refractivity contribution is 5.82. The summed E-state index contributed by atoms with van der Waals surface area (Å²) in [5, 5.41) is 19.3. The Bertz CT molecular complexity index is 567. The Balaban J connectivity index is 2.19. The predicted molar refractivity (Wildman–Crippen MR) is 76.2 cm³/mol. The summed E-state index contributed by atoms with van der Waals surface area (Å²) in [7, 11) is 0. The molecule has 1 atom stereocenters. The van der Waals surface area contributed by atoms with E-state index < -0.39 is 11.8 Å². The van der Waals surface area contributed by atoms with Crippen LogP contribution in [-0.2, 0) is 11.2 Å². The molecule has 0 aliphatic carbocycles. The van der Waals surface area contributed by atoms with Gasteiger partial charge in [-0.3, -0.25) is 10.0 Å². The largest absolute Gasteiger partial charge is 0.733 e. The highest BCUT2D eigenvalue weighted by Crippen LogP contribution is 2.22. The van der Waals surface area contributed by atoms with Crippen molar-refractivity contribution in [2.45, 2.75) is 12.3 Å². The maximum atomic E-state index is 11.6. The average Bonchev–Trinajstić information content (AvgIpc) is 2.46. The highest BCUT2D eigenvalue weighted by Gasteiger charge is 2.18. The number of carbonyl (C=O) groups is 1. The van der Waals surface area contributed by atoms with Gasteiger partial charge < -0.3 is 16.2 Å². The zero-order chi connectivity index (χ0) is 14.5. The van der Waals surface area contributed by atoms with Crippen LogP contribution >= 0.6 is 0 Å². The summed E-state index contributed by atoms with van der Waals surface area (Å²) in [4.78, 5) is 11.6. The van der Waals surface area contributed by atoms with E-state index in [0.717, 1.165) is 11.1 Å². The lowest BCUT2D eigenvalue weighted by Gasteiger charge is -2.22. The molecule has 0 unspecified atom stereocenters. The first-order valence-electron chi connectivity index (χ1n) is 6.17. The number of primary amides is 1. The van der Waals surface area contributed by atoms with Crippen LogP contribution in [0.5, 0.6) is 0 Å². The minimum Gasteiger partial charge on any atom is -0.733 e. The van der Waals surface area contributed by atoms with Crippen LogP contribution in [-0.4, -0.2) is 11.1 Å². The van der Waals surface area contributed by atoms with E-state index in [0.29, 0.717) is 6.42 Å². The average molecular weight is 271 g/mol. The maximum absolute atomic E-state index is 11.6. The van der Waals surface area contributed by atoms with E-state index in [1.807, 2.05) is 30.3 Å². The van der Waals surface area contributed by atoms with Crippen molar-refractivity contribution in [2.75, 3.05) is 5.23 Å². The molecule has 0 aliphatic rings. The fraction of sp³-hybridized carbons (Fsp3) is 0.133. The molecule has 5 heteroatoms. The minimum atomic E-state index is -0.417. The van der Waals surface area contributed by atoms with E-state index in [-0.39, 0.29) is 10.9 Å².